The van der Waals surface area contributed by atoms with Gasteiger partial charge in [-0.1, -0.05) is 12.7 Å². The predicted molar refractivity (Wildman–Crippen MR) is 61.1 cm³/mol. The molecule has 1 aromatic carbocycles. The Bertz CT molecular complexity index is 334. The van der Waals surface area contributed by atoms with Crippen LogP contribution in [0, 0.1) is 6.92 Å². The Kier molecular flexibility index (Phi) is 4.01. The Morgan fingerprint density at radius 3 is 2.79 bits per heavy atom. The van der Waals surface area contributed by atoms with Gasteiger partial charge in [0.05, 0.1) is 11.6 Å². The molecule has 0 aliphatic heterocycles. The summed E-state index contributed by atoms with van der Waals surface area (Å²) in [6.07, 6.45) is 1.70. The second kappa shape index (κ2) is 5.05. The Balaban J connectivity index is 3.04. The molecule has 0 fully saturated rings. The number of halogens is 1. The number of hydrogen-bond donors (Lipinski definition) is 0. The Morgan fingerprint density at radius 2 is 2.21 bits per heavy atom. The molecule has 76 valence electrons. The highest BCUT2D eigenvalue weighted by Gasteiger charge is 2.09. The Labute approximate surface area is 92.7 Å². The number of benzene rings is 1. The molecule has 1 rings (SSSR count). The quantitative estimate of drug-likeness (QED) is 0.770. The van der Waals surface area contributed by atoms with Crippen LogP contribution in [0.3, 0.4) is 0 Å². The normalized spacial score (nSPS) is 9.64. The summed E-state index contributed by atoms with van der Waals surface area (Å²) >= 11 is 3.43. The van der Waals surface area contributed by atoms with Crippen molar-refractivity contribution in [1.82, 2.24) is 0 Å². The Morgan fingerprint density at radius 1 is 1.50 bits per heavy atom. The average Bonchev–Trinajstić information content (AvgIpc) is 2.15. The van der Waals surface area contributed by atoms with E-state index in [9.17, 15) is 0 Å². The average molecular weight is 257 g/mol. The topological polar surface area (TPSA) is 18.5 Å². The molecule has 0 N–H and O–H groups in total. The van der Waals surface area contributed by atoms with Gasteiger partial charge in [-0.05, 0) is 40.5 Å². The Hall–Kier alpha value is -0.960. The van der Waals surface area contributed by atoms with Gasteiger partial charge in [0, 0.05) is 0 Å². The molecule has 0 radical (unpaired) electrons. The minimum absolute atomic E-state index is 0.470. The van der Waals surface area contributed by atoms with Crippen molar-refractivity contribution in [3.05, 3.63) is 34.8 Å². The molecule has 3 heteroatoms. The van der Waals surface area contributed by atoms with Crippen LogP contribution in [0.4, 0.5) is 0 Å². The second-order valence-corrected chi connectivity index (χ2v) is 3.73. The van der Waals surface area contributed by atoms with Crippen molar-refractivity contribution in [2.75, 3.05) is 13.7 Å². The molecule has 0 saturated heterocycles. The molecular formula is C11H13BrO2. The third-order valence-corrected chi connectivity index (χ3v) is 2.31. The largest absolute Gasteiger partial charge is 0.493 e. The lowest BCUT2D eigenvalue weighted by atomic mass is 10.2. The van der Waals surface area contributed by atoms with Crippen LogP contribution >= 0.6 is 15.9 Å². The maximum Gasteiger partial charge on any atom is 0.175 e. The molecule has 2 nitrogen and oxygen atoms in total. The zero-order valence-electron chi connectivity index (χ0n) is 8.34. The summed E-state index contributed by atoms with van der Waals surface area (Å²) in [6, 6.07) is 3.92. The van der Waals surface area contributed by atoms with Gasteiger partial charge in [0.25, 0.3) is 0 Å². The van der Waals surface area contributed by atoms with Crippen LogP contribution in [-0.4, -0.2) is 13.7 Å². The van der Waals surface area contributed by atoms with Gasteiger partial charge in [0.15, 0.2) is 11.5 Å². The molecule has 0 aromatic heterocycles. The highest BCUT2D eigenvalue weighted by atomic mass is 79.9. The fourth-order valence-corrected chi connectivity index (χ4v) is 1.80. The lowest BCUT2D eigenvalue weighted by Gasteiger charge is -2.11. The van der Waals surface area contributed by atoms with Crippen molar-refractivity contribution in [3.8, 4) is 11.5 Å². The van der Waals surface area contributed by atoms with Crippen LogP contribution in [0.5, 0.6) is 11.5 Å². The summed E-state index contributed by atoms with van der Waals surface area (Å²) in [5.41, 5.74) is 1.12. The second-order valence-electron chi connectivity index (χ2n) is 2.88. The van der Waals surface area contributed by atoms with Crippen molar-refractivity contribution >= 4 is 15.9 Å². The third-order valence-electron chi connectivity index (χ3n) is 1.72. The molecule has 1 aromatic rings. The molecule has 0 bridgehead atoms. The van der Waals surface area contributed by atoms with Crippen molar-refractivity contribution in [2.24, 2.45) is 0 Å². The maximum absolute atomic E-state index is 5.47. The molecule has 0 aliphatic rings. The molecule has 0 unspecified atom stereocenters. The maximum atomic E-state index is 5.47. The first-order chi connectivity index (χ1) is 6.69. The summed E-state index contributed by atoms with van der Waals surface area (Å²) in [6.45, 7) is 6.07. The van der Waals surface area contributed by atoms with Crippen molar-refractivity contribution in [1.29, 1.82) is 0 Å². The van der Waals surface area contributed by atoms with E-state index in [4.69, 9.17) is 9.47 Å². The van der Waals surface area contributed by atoms with E-state index < -0.39 is 0 Å². The molecule has 0 heterocycles. The van der Waals surface area contributed by atoms with E-state index >= 15 is 0 Å². The minimum atomic E-state index is 0.470. The van der Waals surface area contributed by atoms with E-state index in [1.54, 1.807) is 13.2 Å². The fraction of sp³-hybridized carbons (Fsp3) is 0.273. The summed E-state index contributed by atoms with van der Waals surface area (Å²) in [5.74, 6) is 1.46. The first-order valence-corrected chi connectivity index (χ1v) is 5.06. The van der Waals surface area contributed by atoms with Gasteiger partial charge in [0.1, 0.15) is 6.61 Å². The SMILES string of the molecule is C=CCOc1c(Br)cc(C)cc1OC. The van der Waals surface area contributed by atoms with E-state index in [-0.39, 0.29) is 0 Å². The monoisotopic (exact) mass is 256 g/mol. The zero-order valence-corrected chi connectivity index (χ0v) is 9.93. The number of ether oxygens (including phenoxy) is 2. The van der Waals surface area contributed by atoms with Crippen molar-refractivity contribution in [3.63, 3.8) is 0 Å². The van der Waals surface area contributed by atoms with Gasteiger partial charge in [-0.2, -0.15) is 0 Å². The predicted octanol–water partition coefficient (Wildman–Crippen LogP) is 3.33. The van der Waals surface area contributed by atoms with Crippen LogP contribution in [0.1, 0.15) is 5.56 Å². The van der Waals surface area contributed by atoms with Gasteiger partial charge in [-0.3, -0.25) is 0 Å². The lowest BCUT2D eigenvalue weighted by Crippen LogP contribution is -1.97. The van der Waals surface area contributed by atoms with E-state index in [0.717, 1.165) is 21.5 Å². The summed E-state index contributed by atoms with van der Waals surface area (Å²) in [4.78, 5) is 0. The zero-order chi connectivity index (χ0) is 10.6. The number of hydrogen-bond acceptors (Lipinski definition) is 2. The highest BCUT2D eigenvalue weighted by Crippen LogP contribution is 2.36. The first-order valence-electron chi connectivity index (χ1n) is 4.27. The van der Waals surface area contributed by atoms with Crippen molar-refractivity contribution < 1.29 is 9.47 Å². The van der Waals surface area contributed by atoms with E-state index in [2.05, 4.69) is 22.5 Å². The lowest BCUT2D eigenvalue weighted by molar-refractivity contribution is 0.324. The van der Waals surface area contributed by atoms with Gasteiger partial charge in [0.2, 0.25) is 0 Å². The van der Waals surface area contributed by atoms with Gasteiger partial charge < -0.3 is 9.47 Å². The fourth-order valence-electron chi connectivity index (χ4n) is 1.13. The summed E-state index contributed by atoms with van der Waals surface area (Å²) in [7, 11) is 1.63. The summed E-state index contributed by atoms with van der Waals surface area (Å²) < 4.78 is 11.6. The van der Waals surface area contributed by atoms with Gasteiger partial charge in [-0.25, -0.2) is 0 Å². The number of aryl methyl sites for hydroxylation is 1. The molecule has 0 saturated carbocycles. The third kappa shape index (κ3) is 2.51. The van der Waals surface area contributed by atoms with Crippen LogP contribution in [-0.2, 0) is 0 Å². The smallest absolute Gasteiger partial charge is 0.175 e. The van der Waals surface area contributed by atoms with E-state index in [1.807, 2.05) is 19.1 Å². The minimum Gasteiger partial charge on any atom is -0.493 e. The van der Waals surface area contributed by atoms with Crippen LogP contribution in [0.15, 0.2) is 29.3 Å². The number of rotatable bonds is 4. The van der Waals surface area contributed by atoms with E-state index in [1.165, 1.54) is 0 Å². The van der Waals surface area contributed by atoms with E-state index in [0.29, 0.717) is 6.61 Å². The molecule has 0 aliphatic carbocycles. The van der Waals surface area contributed by atoms with Gasteiger partial charge in [-0.15, -0.1) is 0 Å². The standard InChI is InChI=1S/C11H13BrO2/c1-4-5-14-11-9(12)6-8(2)7-10(11)13-3/h4,6-7H,1,5H2,2-3H3. The molecule has 0 spiro atoms. The molecule has 0 atom stereocenters. The van der Waals surface area contributed by atoms with Crippen LogP contribution < -0.4 is 9.47 Å². The number of methoxy groups -OCH3 is 1. The summed E-state index contributed by atoms with van der Waals surface area (Å²) in [5, 5.41) is 0. The first kappa shape index (κ1) is 11.1. The van der Waals surface area contributed by atoms with Crippen LogP contribution in [0.25, 0.3) is 0 Å². The molecule has 0 amide bonds. The van der Waals surface area contributed by atoms with Gasteiger partial charge >= 0.3 is 0 Å². The molecular weight excluding hydrogens is 244 g/mol. The molecule has 14 heavy (non-hydrogen) atoms. The highest BCUT2D eigenvalue weighted by molar-refractivity contribution is 9.10. The van der Waals surface area contributed by atoms with Crippen LogP contribution in [0.2, 0.25) is 0 Å². The van der Waals surface area contributed by atoms with Crippen molar-refractivity contribution in [2.45, 2.75) is 6.92 Å².